The fourth-order valence-corrected chi connectivity index (χ4v) is 1.43. The summed E-state index contributed by atoms with van der Waals surface area (Å²) in [5, 5.41) is 3.84. The molecule has 0 aliphatic carbocycles. The highest BCUT2D eigenvalue weighted by Crippen LogP contribution is 2.22. The van der Waals surface area contributed by atoms with Gasteiger partial charge in [-0.05, 0) is 27.2 Å². The Morgan fingerprint density at radius 1 is 1.36 bits per heavy atom. The van der Waals surface area contributed by atoms with Crippen LogP contribution in [0.25, 0.3) is 0 Å². The second kappa shape index (κ2) is 4.13. The monoisotopic (exact) mass is 213 g/mol. The molecule has 3 nitrogen and oxygen atoms in total. The van der Waals surface area contributed by atoms with Gasteiger partial charge in [0.25, 0.3) is 0 Å². The van der Waals surface area contributed by atoms with Crippen molar-refractivity contribution in [1.29, 1.82) is 0 Å². The molecule has 0 aliphatic rings. The summed E-state index contributed by atoms with van der Waals surface area (Å²) in [6, 6.07) is 0. The molecule has 0 unspecified atom stereocenters. The summed E-state index contributed by atoms with van der Waals surface area (Å²) in [5.41, 5.74) is 0.964. The summed E-state index contributed by atoms with van der Waals surface area (Å²) in [6.07, 6.45) is 2.31. The van der Waals surface area contributed by atoms with Crippen molar-refractivity contribution in [2.75, 3.05) is 5.32 Å². The van der Waals surface area contributed by atoms with E-state index in [1.54, 1.807) is 0 Å². The topological polar surface area (TPSA) is 37.8 Å². The molecule has 78 valence electrons. The Bertz CT molecular complexity index is 318. The van der Waals surface area contributed by atoms with Crippen molar-refractivity contribution in [3.8, 4) is 0 Å². The Balaban J connectivity index is 3.02. The Labute approximate surface area is 89.9 Å². The zero-order valence-corrected chi connectivity index (χ0v) is 9.81. The maximum atomic E-state index is 5.97. The van der Waals surface area contributed by atoms with Crippen LogP contribution < -0.4 is 5.32 Å². The summed E-state index contributed by atoms with van der Waals surface area (Å²) in [5.74, 6) is 0.833. The van der Waals surface area contributed by atoms with Gasteiger partial charge in [0.15, 0.2) is 0 Å². The molecule has 0 saturated carbocycles. The lowest BCUT2D eigenvalue weighted by molar-refractivity contribution is 0.628. The standard InChI is InChI=1S/C10H16ClN3/c1-5-7-8(11)12-6-13-9(7)14-10(2,3)4/h6H,5H2,1-4H3,(H,12,13,14). The van der Waals surface area contributed by atoms with Gasteiger partial charge in [0.1, 0.15) is 17.3 Å². The number of halogens is 1. The molecule has 0 radical (unpaired) electrons. The summed E-state index contributed by atoms with van der Waals surface area (Å²) in [4.78, 5) is 8.14. The van der Waals surface area contributed by atoms with E-state index >= 15 is 0 Å². The predicted molar refractivity (Wildman–Crippen MR) is 59.8 cm³/mol. The minimum atomic E-state index is -0.0123. The molecular formula is C10H16ClN3. The highest BCUT2D eigenvalue weighted by Gasteiger charge is 2.14. The molecule has 1 heterocycles. The van der Waals surface area contributed by atoms with Gasteiger partial charge in [0.2, 0.25) is 0 Å². The highest BCUT2D eigenvalue weighted by molar-refractivity contribution is 6.30. The quantitative estimate of drug-likeness (QED) is 0.768. The predicted octanol–water partition coefficient (Wildman–Crippen LogP) is 2.90. The van der Waals surface area contributed by atoms with Crippen LogP contribution in [0.1, 0.15) is 33.3 Å². The summed E-state index contributed by atoms with van der Waals surface area (Å²) < 4.78 is 0. The van der Waals surface area contributed by atoms with Crippen LogP contribution in [0.5, 0.6) is 0 Å². The molecule has 0 spiro atoms. The van der Waals surface area contributed by atoms with Crippen LogP contribution in [0.3, 0.4) is 0 Å². The number of nitrogens with zero attached hydrogens (tertiary/aromatic N) is 2. The Morgan fingerprint density at radius 2 is 2.00 bits per heavy atom. The van der Waals surface area contributed by atoms with E-state index in [0.29, 0.717) is 5.15 Å². The second-order valence-electron chi connectivity index (χ2n) is 4.22. The lowest BCUT2D eigenvalue weighted by Gasteiger charge is -2.22. The average Bonchev–Trinajstić information content (AvgIpc) is 2.01. The number of aromatic nitrogens is 2. The number of nitrogens with one attached hydrogen (secondary N) is 1. The lowest BCUT2D eigenvalue weighted by Crippen LogP contribution is -2.27. The molecular weight excluding hydrogens is 198 g/mol. The molecule has 0 bridgehead atoms. The molecule has 0 amide bonds. The minimum absolute atomic E-state index is 0.0123. The van der Waals surface area contributed by atoms with Crippen LogP contribution >= 0.6 is 11.6 Å². The first kappa shape index (κ1) is 11.2. The minimum Gasteiger partial charge on any atom is -0.365 e. The first-order valence-corrected chi connectivity index (χ1v) is 5.09. The average molecular weight is 214 g/mol. The van der Waals surface area contributed by atoms with Gasteiger partial charge in [-0.15, -0.1) is 0 Å². The van der Waals surface area contributed by atoms with Crippen LogP contribution in [-0.4, -0.2) is 15.5 Å². The molecule has 1 aromatic rings. The van der Waals surface area contributed by atoms with Gasteiger partial charge in [-0.25, -0.2) is 9.97 Å². The van der Waals surface area contributed by atoms with E-state index in [2.05, 4.69) is 36.1 Å². The Hall–Kier alpha value is -0.830. The van der Waals surface area contributed by atoms with E-state index in [9.17, 15) is 0 Å². The first-order valence-electron chi connectivity index (χ1n) is 4.71. The van der Waals surface area contributed by atoms with Crippen molar-refractivity contribution in [2.45, 2.75) is 39.7 Å². The van der Waals surface area contributed by atoms with Gasteiger partial charge in [0.05, 0.1) is 0 Å². The fourth-order valence-electron chi connectivity index (χ4n) is 1.17. The van der Waals surface area contributed by atoms with Gasteiger partial charge in [-0.3, -0.25) is 0 Å². The first-order chi connectivity index (χ1) is 6.44. The summed E-state index contributed by atoms with van der Waals surface area (Å²) in [6.45, 7) is 8.30. The molecule has 1 N–H and O–H groups in total. The van der Waals surface area contributed by atoms with Crippen molar-refractivity contribution >= 4 is 17.4 Å². The van der Waals surface area contributed by atoms with Crippen LogP contribution in [0.15, 0.2) is 6.33 Å². The smallest absolute Gasteiger partial charge is 0.137 e. The molecule has 1 aromatic heterocycles. The third-order valence-electron chi connectivity index (χ3n) is 1.74. The molecule has 0 atom stereocenters. The normalized spacial score (nSPS) is 11.5. The molecule has 0 aromatic carbocycles. The van der Waals surface area contributed by atoms with E-state index in [0.717, 1.165) is 17.8 Å². The zero-order valence-electron chi connectivity index (χ0n) is 9.06. The van der Waals surface area contributed by atoms with Crippen LogP contribution in [0, 0.1) is 0 Å². The number of rotatable bonds is 2. The third-order valence-corrected chi connectivity index (χ3v) is 2.07. The van der Waals surface area contributed by atoms with Crippen LogP contribution in [0.4, 0.5) is 5.82 Å². The summed E-state index contributed by atoms with van der Waals surface area (Å²) >= 11 is 5.97. The number of anilines is 1. The van der Waals surface area contributed by atoms with Gasteiger partial charge in [-0.2, -0.15) is 0 Å². The second-order valence-corrected chi connectivity index (χ2v) is 4.58. The van der Waals surface area contributed by atoms with Crippen molar-refractivity contribution in [3.63, 3.8) is 0 Å². The molecule has 4 heteroatoms. The summed E-state index contributed by atoms with van der Waals surface area (Å²) in [7, 11) is 0. The van der Waals surface area contributed by atoms with Crippen molar-refractivity contribution in [2.24, 2.45) is 0 Å². The van der Waals surface area contributed by atoms with E-state index in [-0.39, 0.29) is 5.54 Å². The van der Waals surface area contributed by atoms with Gasteiger partial charge >= 0.3 is 0 Å². The van der Waals surface area contributed by atoms with Crippen LogP contribution in [0.2, 0.25) is 5.15 Å². The van der Waals surface area contributed by atoms with E-state index < -0.39 is 0 Å². The van der Waals surface area contributed by atoms with Gasteiger partial charge in [0, 0.05) is 11.1 Å². The van der Waals surface area contributed by atoms with Crippen molar-refractivity contribution in [3.05, 3.63) is 17.0 Å². The van der Waals surface area contributed by atoms with Crippen molar-refractivity contribution < 1.29 is 0 Å². The van der Waals surface area contributed by atoms with E-state index in [4.69, 9.17) is 11.6 Å². The fraction of sp³-hybridized carbons (Fsp3) is 0.600. The molecule has 0 saturated heterocycles. The lowest BCUT2D eigenvalue weighted by atomic mass is 10.1. The molecule has 1 rings (SSSR count). The maximum Gasteiger partial charge on any atom is 0.137 e. The molecule has 0 fully saturated rings. The van der Waals surface area contributed by atoms with Gasteiger partial charge < -0.3 is 5.32 Å². The highest BCUT2D eigenvalue weighted by atomic mass is 35.5. The Kier molecular flexibility index (Phi) is 3.32. The maximum absolute atomic E-state index is 5.97. The molecule has 14 heavy (non-hydrogen) atoms. The van der Waals surface area contributed by atoms with Crippen molar-refractivity contribution in [1.82, 2.24) is 9.97 Å². The van der Waals surface area contributed by atoms with E-state index in [1.165, 1.54) is 6.33 Å². The Morgan fingerprint density at radius 3 is 2.50 bits per heavy atom. The van der Waals surface area contributed by atoms with E-state index in [1.807, 2.05) is 6.92 Å². The number of hydrogen-bond acceptors (Lipinski definition) is 3. The SMILES string of the molecule is CCc1c(Cl)ncnc1NC(C)(C)C. The largest absolute Gasteiger partial charge is 0.365 e. The zero-order chi connectivity index (χ0) is 10.8. The third kappa shape index (κ3) is 2.84. The van der Waals surface area contributed by atoms with Crippen LogP contribution in [-0.2, 0) is 6.42 Å². The molecule has 0 aliphatic heterocycles. The van der Waals surface area contributed by atoms with Gasteiger partial charge in [-0.1, -0.05) is 18.5 Å². The number of hydrogen-bond donors (Lipinski definition) is 1.